The molecule has 1 saturated heterocycles. The van der Waals surface area contributed by atoms with Gasteiger partial charge in [-0.25, -0.2) is 0 Å². The van der Waals surface area contributed by atoms with Crippen molar-refractivity contribution in [2.45, 2.75) is 25.0 Å². The van der Waals surface area contributed by atoms with Crippen LogP contribution >= 0.6 is 12.2 Å². The first-order chi connectivity index (χ1) is 13.2. The fourth-order valence-electron chi connectivity index (χ4n) is 3.37. The Balaban J connectivity index is 1.94. The first kappa shape index (κ1) is 19.3. The van der Waals surface area contributed by atoms with Crippen LogP contribution in [0.3, 0.4) is 0 Å². The normalized spacial score (nSPS) is 19.2. The summed E-state index contributed by atoms with van der Waals surface area (Å²) in [4.78, 5) is 18.2. The zero-order valence-corrected chi connectivity index (χ0v) is 16.3. The minimum Gasteiger partial charge on any atom is -0.469 e. The molecule has 1 aliphatic heterocycles. The van der Waals surface area contributed by atoms with Gasteiger partial charge >= 0.3 is 5.97 Å². The van der Waals surface area contributed by atoms with E-state index in [2.05, 4.69) is 20.9 Å². The summed E-state index contributed by atoms with van der Waals surface area (Å²) < 4.78 is 12.2. The maximum atomic E-state index is 11.7. The molecule has 0 saturated carbocycles. The van der Waals surface area contributed by atoms with E-state index < -0.39 is 0 Å². The predicted molar refractivity (Wildman–Crippen MR) is 105 cm³/mol. The third-order valence-electron chi connectivity index (χ3n) is 4.69. The Morgan fingerprint density at radius 1 is 1.26 bits per heavy atom. The molecule has 8 heteroatoms. The van der Waals surface area contributed by atoms with Gasteiger partial charge < -0.3 is 24.3 Å². The van der Waals surface area contributed by atoms with Crippen molar-refractivity contribution in [2.24, 2.45) is 0 Å². The highest BCUT2D eigenvalue weighted by molar-refractivity contribution is 7.80. The van der Waals surface area contributed by atoms with Gasteiger partial charge in [0.2, 0.25) is 0 Å². The monoisotopic (exact) mass is 388 g/mol. The second kappa shape index (κ2) is 8.96. The molecule has 144 valence electrons. The van der Waals surface area contributed by atoms with Gasteiger partial charge in [-0.1, -0.05) is 6.07 Å². The fourth-order valence-corrected chi connectivity index (χ4v) is 3.70. The van der Waals surface area contributed by atoms with Gasteiger partial charge in [0.05, 0.1) is 37.9 Å². The van der Waals surface area contributed by atoms with Crippen LogP contribution in [0.4, 0.5) is 0 Å². The molecule has 27 heavy (non-hydrogen) atoms. The third-order valence-corrected chi connectivity index (χ3v) is 5.04. The number of thiocarbonyl (C=S) groups is 1. The smallest absolute Gasteiger partial charge is 0.307 e. The van der Waals surface area contributed by atoms with Gasteiger partial charge in [0, 0.05) is 38.3 Å². The van der Waals surface area contributed by atoms with Crippen LogP contribution in [0.15, 0.2) is 42.7 Å². The highest BCUT2D eigenvalue weighted by atomic mass is 32.1. The highest BCUT2D eigenvalue weighted by Gasteiger charge is 2.41. The molecular formula is C19H24N4O3S. The molecule has 1 fully saturated rings. The minimum absolute atomic E-state index is 0.0797. The van der Waals surface area contributed by atoms with Crippen LogP contribution in [0, 0.1) is 0 Å². The number of rotatable bonds is 8. The zero-order valence-electron chi connectivity index (χ0n) is 15.5. The van der Waals surface area contributed by atoms with Crippen LogP contribution < -0.4 is 5.32 Å². The Labute approximate surface area is 164 Å². The lowest BCUT2D eigenvalue weighted by atomic mass is 10.0. The average Bonchev–Trinajstić information content (AvgIpc) is 3.28. The molecule has 2 aromatic rings. The minimum atomic E-state index is -0.257. The van der Waals surface area contributed by atoms with E-state index in [1.807, 2.05) is 35.4 Å². The average molecular weight is 388 g/mol. The van der Waals surface area contributed by atoms with Crippen LogP contribution in [0.1, 0.15) is 29.9 Å². The molecule has 7 nitrogen and oxygen atoms in total. The van der Waals surface area contributed by atoms with Crippen molar-refractivity contribution < 1.29 is 14.3 Å². The summed E-state index contributed by atoms with van der Waals surface area (Å²) in [5.74, 6) is -0.257. The standard InChI is InChI=1S/C19H24N4O3S/c1-25-13-12-22-10-5-7-15(22)18-17(14-6-3-4-9-20-14)21-19(27)23(18)11-8-16(24)26-2/h3-7,9-10,17-18H,8,11-13H2,1-2H3,(H,21,27)/t17-,18-/m0/s1. The third kappa shape index (κ3) is 4.28. The Hall–Kier alpha value is -2.45. The number of carbonyl (C=O) groups is 1. The van der Waals surface area contributed by atoms with Crippen LogP contribution in [-0.2, 0) is 20.8 Å². The second-order valence-corrected chi connectivity index (χ2v) is 6.65. The van der Waals surface area contributed by atoms with E-state index in [1.165, 1.54) is 7.11 Å². The quantitative estimate of drug-likeness (QED) is 0.548. The van der Waals surface area contributed by atoms with E-state index in [1.54, 1.807) is 13.3 Å². The molecular weight excluding hydrogens is 364 g/mol. The highest BCUT2D eigenvalue weighted by Crippen LogP contribution is 2.38. The molecule has 0 unspecified atom stereocenters. The van der Waals surface area contributed by atoms with Crippen LogP contribution in [0.2, 0.25) is 0 Å². The van der Waals surface area contributed by atoms with Gasteiger partial charge in [0.1, 0.15) is 0 Å². The maximum Gasteiger partial charge on any atom is 0.307 e. The number of carbonyl (C=O) groups excluding carboxylic acids is 1. The number of esters is 1. The molecule has 1 N–H and O–H groups in total. The van der Waals surface area contributed by atoms with E-state index in [9.17, 15) is 4.79 Å². The van der Waals surface area contributed by atoms with Crippen LogP contribution in [0.25, 0.3) is 0 Å². The summed E-state index contributed by atoms with van der Waals surface area (Å²) in [5, 5.41) is 3.99. The van der Waals surface area contributed by atoms with Crippen molar-refractivity contribution in [3.8, 4) is 0 Å². The summed E-state index contributed by atoms with van der Waals surface area (Å²) in [6.45, 7) is 1.83. The van der Waals surface area contributed by atoms with Crippen molar-refractivity contribution in [2.75, 3.05) is 27.4 Å². The lowest BCUT2D eigenvalue weighted by Gasteiger charge is -2.28. The maximum absolute atomic E-state index is 11.7. The van der Waals surface area contributed by atoms with Gasteiger partial charge in [-0.2, -0.15) is 0 Å². The molecule has 1 aliphatic rings. The summed E-state index contributed by atoms with van der Waals surface area (Å²) >= 11 is 5.59. The number of hydrogen-bond acceptors (Lipinski definition) is 5. The lowest BCUT2D eigenvalue weighted by molar-refractivity contribution is -0.140. The van der Waals surface area contributed by atoms with Crippen LogP contribution in [-0.4, -0.2) is 52.9 Å². The number of aromatic nitrogens is 2. The summed E-state index contributed by atoms with van der Waals surface area (Å²) in [7, 11) is 3.09. The molecule has 3 heterocycles. The number of methoxy groups -OCH3 is 2. The van der Waals surface area contributed by atoms with E-state index in [0.717, 1.165) is 17.9 Å². The topological polar surface area (TPSA) is 68.6 Å². The van der Waals surface area contributed by atoms with Gasteiger partial charge in [-0.05, 0) is 36.5 Å². The van der Waals surface area contributed by atoms with E-state index in [0.29, 0.717) is 18.3 Å². The van der Waals surface area contributed by atoms with Gasteiger partial charge in [0.15, 0.2) is 5.11 Å². The van der Waals surface area contributed by atoms with Gasteiger partial charge in [-0.15, -0.1) is 0 Å². The molecule has 0 radical (unpaired) electrons. The molecule has 2 aromatic heterocycles. The van der Waals surface area contributed by atoms with Crippen molar-refractivity contribution in [1.29, 1.82) is 0 Å². The van der Waals surface area contributed by atoms with E-state index >= 15 is 0 Å². The second-order valence-electron chi connectivity index (χ2n) is 6.27. The predicted octanol–water partition coefficient (Wildman–Crippen LogP) is 2.07. The fraction of sp³-hybridized carbons (Fsp3) is 0.421. The van der Waals surface area contributed by atoms with Crippen molar-refractivity contribution >= 4 is 23.3 Å². The molecule has 0 spiro atoms. The molecule has 0 aromatic carbocycles. The zero-order chi connectivity index (χ0) is 19.2. The molecule has 3 rings (SSSR count). The number of ether oxygens (including phenoxy) is 2. The molecule has 0 bridgehead atoms. The lowest BCUT2D eigenvalue weighted by Crippen LogP contribution is -2.32. The molecule has 0 amide bonds. The first-order valence-corrected chi connectivity index (χ1v) is 9.25. The van der Waals surface area contributed by atoms with Crippen LogP contribution in [0.5, 0.6) is 0 Å². The number of nitrogens with zero attached hydrogens (tertiary/aromatic N) is 3. The van der Waals surface area contributed by atoms with Gasteiger partial charge in [-0.3, -0.25) is 9.78 Å². The van der Waals surface area contributed by atoms with Gasteiger partial charge in [0.25, 0.3) is 0 Å². The van der Waals surface area contributed by atoms with E-state index in [-0.39, 0.29) is 24.5 Å². The Bertz CT molecular complexity index is 780. The molecule has 0 aliphatic carbocycles. The van der Waals surface area contributed by atoms with Crippen molar-refractivity contribution in [1.82, 2.24) is 19.8 Å². The number of pyridine rings is 1. The van der Waals surface area contributed by atoms with Crippen molar-refractivity contribution in [3.63, 3.8) is 0 Å². The number of hydrogen-bond donors (Lipinski definition) is 1. The Morgan fingerprint density at radius 3 is 2.81 bits per heavy atom. The Morgan fingerprint density at radius 2 is 2.11 bits per heavy atom. The van der Waals surface area contributed by atoms with Crippen molar-refractivity contribution in [3.05, 3.63) is 54.1 Å². The number of nitrogens with one attached hydrogen (secondary N) is 1. The summed E-state index contributed by atoms with van der Waals surface area (Å²) in [5.41, 5.74) is 2.00. The molecule has 2 atom stereocenters. The Kier molecular flexibility index (Phi) is 6.41. The summed E-state index contributed by atoms with van der Waals surface area (Å²) in [6.07, 6.45) is 4.07. The SMILES string of the molecule is COCCn1cccc1[C@H]1[C@H](c2ccccn2)NC(=S)N1CCC(=O)OC. The first-order valence-electron chi connectivity index (χ1n) is 8.84. The summed E-state index contributed by atoms with van der Waals surface area (Å²) in [6, 6.07) is 9.75. The van der Waals surface area contributed by atoms with E-state index in [4.69, 9.17) is 21.7 Å². The largest absolute Gasteiger partial charge is 0.469 e.